The second kappa shape index (κ2) is 7.50. The lowest BCUT2D eigenvalue weighted by Gasteiger charge is -2.32. The second-order valence-electron chi connectivity index (χ2n) is 5.78. The summed E-state index contributed by atoms with van der Waals surface area (Å²) in [5.41, 5.74) is 0. The summed E-state index contributed by atoms with van der Waals surface area (Å²) in [5, 5.41) is 5.24. The molecule has 5 heteroatoms. The third kappa shape index (κ3) is 4.97. The minimum absolute atomic E-state index is 0.307. The van der Waals surface area contributed by atoms with Crippen molar-refractivity contribution in [3.63, 3.8) is 0 Å². The van der Waals surface area contributed by atoms with Gasteiger partial charge in [0.1, 0.15) is 0 Å². The predicted octanol–water partition coefficient (Wildman–Crippen LogP) is 1.81. The minimum Gasteiger partial charge on any atom is -0.374 e. The highest BCUT2D eigenvalue weighted by atomic mass is 32.2. The summed E-state index contributed by atoms with van der Waals surface area (Å²) in [6.45, 7) is 12.7. The lowest BCUT2D eigenvalue weighted by atomic mass is 10.1. The van der Waals surface area contributed by atoms with Crippen LogP contribution in [0.5, 0.6) is 0 Å². The summed E-state index contributed by atoms with van der Waals surface area (Å²) in [7, 11) is 0. The van der Waals surface area contributed by atoms with Gasteiger partial charge in [0.25, 0.3) is 0 Å². The van der Waals surface area contributed by atoms with E-state index in [-0.39, 0.29) is 0 Å². The Hall–Kier alpha value is -0.260. The smallest absolute Gasteiger partial charge is 0.157 e. The number of amidine groups is 1. The molecule has 0 radical (unpaired) electrons. The third-order valence-electron chi connectivity index (χ3n) is 3.60. The van der Waals surface area contributed by atoms with Crippen LogP contribution in [0.25, 0.3) is 0 Å². The van der Waals surface area contributed by atoms with Gasteiger partial charge in [-0.1, -0.05) is 32.5 Å². The molecule has 1 fully saturated rings. The average molecular weight is 285 g/mol. The molecule has 1 saturated heterocycles. The van der Waals surface area contributed by atoms with Gasteiger partial charge in [0.2, 0.25) is 0 Å². The summed E-state index contributed by atoms with van der Waals surface area (Å²) >= 11 is 1.90. The molecule has 19 heavy (non-hydrogen) atoms. The van der Waals surface area contributed by atoms with Crippen molar-refractivity contribution in [1.82, 2.24) is 10.2 Å². The van der Waals surface area contributed by atoms with Crippen molar-refractivity contribution in [3.05, 3.63) is 0 Å². The van der Waals surface area contributed by atoms with E-state index >= 15 is 0 Å². The van der Waals surface area contributed by atoms with Crippen LogP contribution in [0.3, 0.4) is 0 Å². The van der Waals surface area contributed by atoms with Gasteiger partial charge in [-0.25, -0.2) is 0 Å². The molecule has 110 valence electrons. The van der Waals surface area contributed by atoms with Gasteiger partial charge in [0.05, 0.1) is 19.3 Å². The number of morpholine rings is 1. The predicted molar refractivity (Wildman–Crippen MR) is 83.0 cm³/mol. The number of aliphatic imine (C=N–C) groups is 1. The van der Waals surface area contributed by atoms with E-state index in [0.717, 1.165) is 50.4 Å². The van der Waals surface area contributed by atoms with E-state index in [1.165, 1.54) is 6.42 Å². The summed E-state index contributed by atoms with van der Waals surface area (Å²) < 4.78 is 5.79. The molecule has 0 spiro atoms. The molecule has 0 bridgehead atoms. The lowest BCUT2D eigenvalue weighted by molar-refractivity contribution is -0.0232. The van der Waals surface area contributed by atoms with Crippen LogP contribution in [-0.4, -0.2) is 60.8 Å². The molecular formula is C14H27N3OS. The van der Waals surface area contributed by atoms with Crippen LogP contribution >= 0.6 is 11.8 Å². The molecule has 2 atom stereocenters. The number of likely N-dealkylation sites (N-methyl/N-ethyl adjacent to an activating group) is 1. The van der Waals surface area contributed by atoms with Crippen LogP contribution in [0.2, 0.25) is 0 Å². The number of ether oxygens (including phenoxy) is 1. The summed E-state index contributed by atoms with van der Waals surface area (Å²) in [5.74, 6) is 0.756. The number of rotatable bonds is 5. The zero-order valence-electron chi connectivity index (χ0n) is 12.4. The van der Waals surface area contributed by atoms with Crippen molar-refractivity contribution in [2.45, 2.75) is 38.5 Å². The van der Waals surface area contributed by atoms with E-state index < -0.39 is 0 Å². The number of hydrogen-bond donors (Lipinski definition) is 1. The zero-order valence-corrected chi connectivity index (χ0v) is 13.2. The number of thioether (sulfide) groups is 1. The maximum absolute atomic E-state index is 5.79. The molecule has 2 aliphatic rings. The molecule has 0 aliphatic carbocycles. The Bertz CT molecular complexity index is 309. The number of hydrogen-bond acceptors (Lipinski definition) is 5. The Morgan fingerprint density at radius 1 is 1.53 bits per heavy atom. The molecule has 1 N–H and O–H groups in total. The van der Waals surface area contributed by atoms with E-state index in [1.54, 1.807) is 0 Å². The maximum atomic E-state index is 5.79. The lowest BCUT2D eigenvalue weighted by Crippen LogP contribution is -2.47. The van der Waals surface area contributed by atoms with Gasteiger partial charge in [0.15, 0.2) is 5.17 Å². The van der Waals surface area contributed by atoms with Gasteiger partial charge in [-0.3, -0.25) is 9.89 Å². The van der Waals surface area contributed by atoms with Crippen molar-refractivity contribution in [2.75, 3.05) is 39.3 Å². The quantitative estimate of drug-likeness (QED) is 0.836. The second-order valence-corrected chi connectivity index (χ2v) is 7.07. The molecule has 2 unspecified atom stereocenters. The minimum atomic E-state index is 0.307. The monoisotopic (exact) mass is 285 g/mol. The van der Waals surface area contributed by atoms with E-state index in [1.807, 2.05) is 11.8 Å². The van der Waals surface area contributed by atoms with E-state index in [9.17, 15) is 0 Å². The van der Waals surface area contributed by atoms with Crippen LogP contribution in [0, 0.1) is 5.92 Å². The molecule has 2 heterocycles. The van der Waals surface area contributed by atoms with Gasteiger partial charge in [-0.15, -0.1) is 0 Å². The van der Waals surface area contributed by atoms with Crippen molar-refractivity contribution in [2.24, 2.45) is 10.9 Å². The molecule has 4 nitrogen and oxygen atoms in total. The Morgan fingerprint density at radius 3 is 3.11 bits per heavy atom. The Balaban J connectivity index is 1.66. The Morgan fingerprint density at radius 2 is 2.37 bits per heavy atom. The van der Waals surface area contributed by atoms with Crippen molar-refractivity contribution in [1.29, 1.82) is 0 Å². The number of nitrogens with one attached hydrogen (secondary N) is 1. The maximum Gasteiger partial charge on any atom is 0.157 e. The summed E-state index contributed by atoms with van der Waals surface area (Å²) in [4.78, 5) is 7.04. The summed E-state index contributed by atoms with van der Waals surface area (Å²) in [6, 6.07) is 0. The van der Waals surface area contributed by atoms with Gasteiger partial charge < -0.3 is 10.1 Å². The molecule has 0 saturated carbocycles. The van der Waals surface area contributed by atoms with Crippen molar-refractivity contribution < 1.29 is 4.74 Å². The van der Waals surface area contributed by atoms with Gasteiger partial charge in [0, 0.05) is 24.9 Å². The van der Waals surface area contributed by atoms with E-state index in [2.05, 4.69) is 36.0 Å². The highest BCUT2D eigenvalue weighted by molar-refractivity contribution is 8.14. The Kier molecular flexibility index (Phi) is 5.98. The average Bonchev–Trinajstić information content (AvgIpc) is 2.83. The Labute approximate surface area is 121 Å². The third-order valence-corrected chi connectivity index (χ3v) is 4.77. The molecular weight excluding hydrogens is 258 g/mol. The van der Waals surface area contributed by atoms with Crippen LogP contribution < -0.4 is 5.32 Å². The van der Waals surface area contributed by atoms with Crippen LogP contribution in [-0.2, 0) is 4.74 Å². The van der Waals surface area contributed by atoms with Crippen molar-refractivity contribution in [3.8, 4) is 0 Å². The standard InChI is InChI=1S/C14H27N3OS/c1-4-17-5-6-18-12(10-17)8-15-14-16-9-13(19-14)7-11(2)3/h11-13H,4-10H2,1-3H3,(H,15,16). The molecule has 0 aromatic heterocycles. The summed E-state index contributed by atoms with van der Waals surface area (Å²) in [6.07, 6.45) is 1.56. The highest BCUT2D eigenvalue weighted by Crippen LogP contribution is 2.25. The molecule has 0 amide bonds. The van der Waals surface area contributed by atoms with Gasteiger partial charge in [-0.2, -0.15) is 0 Å². The van der Waals surface area contributed by atoms with E-state index in [0.29, 0.717) is 11.4 Å². The molecule has 0 aromatic rings. The first-order valence-electron chi connectivity index (χ1n) is 7.46. The molecule has 0 aromatic carbocycles. The number of nitrogens with zero attached hydrogens (tertiary/aromatic N) is 2. The largest absolute Gasteiger partial charge is 0.374 e. The van der Waals surface area contributed by atoms with Crippen LogP contribution in [0.4, 0.5) is 0 Å². The molecule has 2 rings (SSSR count). The fourth-order valence-corrected chi connectivity index (χ4v) is 3.82. The van der Waals surface area contributed by atoms with Crippen LogP contribution in [0.1, 0.15) is 27.2 Å². The fourth-order valence-electron chi connectivity index (χ4n) is 2.56. The van der Waals surface area contributed by atoms with Gasteiger partial charge in [-0.05, 0) is 18.9 Å². The molecule has 2 aliphatic heterocycles. The SMILES string of the molecule is CCN1CCOC(CNC2=NCC(CC(C)C)S2)C1. The van der Waals surface area contributed by atoms with Gasteiger partial charge >= 0.3 is 0 Å². The topological polar surface area (TPSA) is 36.9 Å². The van der Waals surface area contributed by atoms with Crippen molar-refractivity contribution >= 4 is 16.9 Å². The van der Waals surface area contributed by atoms with E-state index in [4.69, 9.17) is 4.74 Å². The zero-order chi connectivity index (χ0) is 13.7. The first kappa shape index (κ1) is 15.1. The van der Waals surface area contributed by atoms with Crippen LogP contribution in [0.15, 0.2) is 4.99 Å². The first-order chi connectivity index (χ1) is 9.17. The fraction of sp³-hybridized carbons (Fsp3) is 0.929. The first-order valence-corrected chi connectivity index (χ1v) is 8.34. The highest BCUT2D eigenvalue weighted by Gasteiger charge is 2.23. The normalized spacial score (nSPS) is 28.7.